The summed E-state index contributed by atoms with van der Waals surface area (Å²) in [5.41, 5.74) is 0.793. The predicted octanol–water partition coefficient (Wildman–Crippen LogP) is 2.69. The molecule has 1 fully saturated rings. The lowest BCUT2D eigenvalue weighted by Crippen LogP contribution is -2.48. The lowest BCUT2D eigenvalue weighted by molar-refractivity contribution is -0.141. The fraction of sp³-hybridized carbons (Fsp3) is 0.533. The Bertz CT molecular complexity index is 455. The standard InChI is InChI=1S/C15H21ClN2O/c1-15(7-4-8-17-11-15)14(19)18(2)10-12-5-3-6-13(16)9-12/h3,5-6,9,17H,4,7-8,10-11H2,1-2H3. The highest BCUT2D eigenvalue weighted by Crippen LogP contribution is 2.28. The van der Waals surface area contributed by atoms with E-state index in [2.05, 4.69) is 12.2 Å². The molecule has 1 atom stereocenters. The molecule has 1 amide bonds. The molecule has 0 radical (unpaired) electrons. The monoisotopic (exact) mass is 280 g/mol. The maximum absolute atomic E-state index is 12.6. The first-order valence-corrected chi connectivity index (χ1v) is 7.10. The summed E-state index contributed by atoms with van der Waals surface area (Å²) in [5, 5.41) is 4.03. The summed E-state index contributed by atoms with van der Waals surface area (Å²) < 4.78 is 0. The Morgan fingerprint density at radius 2 is 2.32 bits per heavy atom. The minimum Gasteiger partial charge on any atom is -0.341 e. The summed E-state index contributed by atoms with van der Waals surface area (Å²) in [6.07, 6.45) is 2.02. The number of hydrogen-bond acceptors (Lipinski definition) is 2. The summed E-state index contributed by atoms with van der Waals surface area (Å²) in [7, 11) is 1.86. The van der Waals surface area contributed by atoms with Crippen LogP contribution < -0.4 is 5.32 Å². The summed E-state index contributed by atoms with van der Waals surface area (Å²) in [4.78, 5) is 14.4. The third-order valence-electron chi connectivity index (χ3n) is 3.77. The minimum absolute atomic E-state index is 0.208. The van der Waals surface area contributed by atoms with Crippen LogP contribution in [0.15, 0.2) is 24.3 Å². The fourth-order valence-corrected chi connectivity index (χ4v) is 2.89. The van der Waals surface area contributed by atoms with Crippen molar-refractivity contribution >= 4 is 17.5 Å². The number of halogens is 1. The Morgan fingerprint density at radius 3 is 2.95 bits per heavy atom. The van der Waals surface area contributed by atoms with Crippen LogP contribution in [-0.4, -0.2) is 30.9 Å². The topological polar surface area (TPSA) is 32.3 Å². The SMILES string of the molecule is CN(Cc1cccc(Cl)c1)C(=O)C1(C)CCCNC1. The average Bonchev–Trinajstić information content (AvgIpc) is 2.38. The molecule has 1 heterocycles. The first-order chi connectivity index (χ1) is 9.01. The molecule has 1 aromatic carbocycles. The van der Waals surface area contributed by atoms with Crippen molar-refractivity contribution < 1.29 is 4.79 Å². The first-order valence-electron chi connectivity index (χ1n) is 6.72. The Morgan fingerprint density at radius 1 is 1.53 bits per heavy atom. The second kappa shape index (κ2) is 5.93. The van der Waals surface area contributed by atoms with E-state index in [0.717, 1.165) is 31.5 Å². The zero-order valence-electron chi connectivity index (χ0n) is 11.6. The van der Waals surface area contributed by atoms with Gasteiger partial charge >= 0.3 is 0 Å². The molecule has 1 N–H and O–H groups in total. The van der Waals surface area contributed by atoms with E-state index in [4.69, 9.17) is 11.6 Å². The molecule has 1 aliphatic rings. The predicted molar refractivity (Wildman–Crippen MR) is 78.1 cm³/mol. The minimum atomic E-state index is -0.272. The van der Waals surface area contributed by atoms with E-state index >= 15 is 0 Å². The van der Waals surface area contributed by atoms with Crippen LogP contribution in [-0.2, 0) is 11.3 Å². The van der Waals surface area contributed by atoms with Gasteiger partial charge in [0.25, 0.3) is 0 Å². The smallest absolute Gasteiger partial charge is 0.229 e. The molecule has 19 heavy (non-hydrogen) atoms. The molecule has 0 saturated carbocycles. The van der Waals surface area contributed by atoms with Gasteiger partial charge in [-0.25, -0.2) is 0 Å². The van der Waals surface area contributed by atoms with Crippen molar-refractivity contribution in [3.8, 4) is 0 Å². The van der Waals surface area contributed by atoms with Gasteiger partial charge in [-0.15, -0.1) is 0 Å². The molecule has 0 aliphatic carbocycles. The molecule has 104 valence electrons. The van der Waals surface area contributed by atoms with Crippen LogP contribution in [0.5, 0.6) is 0 Å². The Kier molecular flexibility index (Phi) is 4.48. The summed E-state index contributed by atoms with van der Waals surface area (Å²) in [6.45, 7) is 4.44. The Hall–Kier alpha value is -1.06. The van der Waals surface area contributed by atoms with Crippen molar-refractivity contribution in [1.29, 1.82) is 0 Å². The van der Waals surface area contributed by atoms with Gasteiger partial charge < -0.3 is 10.2 Å². The lowest BCUT2D eigenvalue weighted by Gasteiger charge is -2.36. The van der Waals surface area contributed by atoms with E-state index in [9.17, 15) is 4.79 Å². The van der Waals surface area contributed by atoms with Gasteiger partial charge in [0.05, 0.1) is 5.41 Å². The van der Waals surface area contributed by atoms with Gasteiger partial charge in [0.1, 0.15) is 0 Å². The van der Waals surface area contributed by atoms with Crippen LogP contribution in [0, 0.1) is 5.41 Å². The van der Waals surface area contributed by atoms with Crippen molar-refractivity contribution in [2.24, 2.45) is 5.41 Å². The van der Waals surface area contributed by atoms with Crippen LogP contribution in [0.2, 0.25) is 5.02 Å². The lowest BCUT2D eigenvalue weighted by atomic mass is 9.81. The maximum Gasteiger partial charge on any atom is 0.229 e. The third kappa shape index (κ3) is 3.48. The van der Waals surface area contributed by atoms with Crippen LogP contribution in [0.1, 0.15) is 25.3 Å². The zero-order valence-corrected chi connectivity index (χ0v) is 12.3. The third-order valence-corrected chi connectivity index (χ3v) is 4.00. The maximum atomic E-state index is 12.6. The van der Waals surface area contributed by atoms with Crippen molar-refractivity contribution in [2.75, 3.05) is 20.1 Å². The van der Waals surface area contributed by atoms with Crippen molar-refractivity contribution in [3.63, 3.8) is 0 Å². The van der Waals surface area contributed by atoms with Crippen molar-refractivity contribution in [3.05, 3.63) is 34.9 Å². The van der Waals surface area contributed by atoms with Gasteiger partial charge in [0.15, 0.2) is 0 Å². The van der Waals surface area contributed by atoms with Crippen LogP contribution in [0.25, 0.3) is 0 Å². The van der Waals surface area contributed by atoms with E-state index < -0.39 is 0 Å². The van der Waals surface area contributed by atoms with Gasteiger partial charge in [0, 0.05) is 25.2 Å². The number of nitrogens with one attached hydrogen (secondary N) is 1. The van der Waals surface area contributed by atoms with Gasteiger partial charge in [-0.3, -0.25) is 4.79 Å². The summed E-state index contributed by atoms with van der Waals surface area (Å²) >= 11 is 5.97. The highest BCUT2D eigenvalue weighted by atomic mass is 35.5. The molecule has 1 saturated heterocycles. The number of carbonyl (C=O) groups excluding carboxylic acids is 1. The van der Waals surface area contributed by atoms with E-state index in [-0.39, 0.29) is 11.3 Å². The molecule has 4 heteroatoms. The Balaban J connectivity index is 2.03. The van der Waals surface area contributed by atoms with Crippen LogP contribution >= 0.6 is 11.6 Å². The molecule has 3 nitrogen and oxygen atoms in total. The summed E-state index contributed by atoms with van der Waals surface area (Å²) in [5.74, 6) is 0.208. The molecule has 0 aromatic heterocycles. The Labute approximate surface area is 119 Å². The van der Waals surface area contributed by atoms with E-state index in [1.165, 1.54) is 0 Å². The fourth-order valence-electron chi connectivity index (χ4n) is 2.68. The molecule has 1 aliphatic heterocycles. The number of benzene rings is 1. The number of hydrogen-bond donors (Lipinski definition) is 1. The quantitative estimate of drug-likeness (QED) is 0.923. The van der Waals surface area contributed by atoms with Gasteiger partial charge in [-0.05, 0) is 44.0 Å². The normalized spacial score (nSPS) is 23.1. The highest BCUT2D eigenvalue weighted by molar-refractivity contribution is 6.30. The molecule has 0 bridgehead atoms. The summed E-state index contributed by atoms with van der Waals surface area (Å²) in [6, 6.07) is 7.67. The largest absolute Gasteiger partial charge is 0.341 e. The number of nitrogens with zero attached hydrogens (tertiary/aromatic N) is 1. The molecule has 1 aromatic rings. The molecular formula is C15H21ClN2O. The van der Waals surface area contributed by atoms with E-state index in [0.29, 0.717) is 11.6 Å². The van der Waals surface area contributed by atoms with E-state index in [1.807, 2.05) is 31.3 Å². The zero-order chi connectivity index (χ0) is 13.9. The van der Waals surface area contributed by atoms with Gasteiger partial charge in [-0.1, -0.05) is 23.7 Å². The second-order valence-corrected chi connectivity index (χ2v) is 6.07. The molecular weight excluding hydrogens is 260 g/mol. The van der Waals surface area contributed by atoms with Gasteiger partial charge in [0.2, 0.25) is 5.91 Å². The van der Waals surface area contributed by atoms with Crippen LogP contribution in [0.3, 0.4) is 0 Å². The molecule has 1 unspecified atom stereocenters. The average molecular weight is 281 g/mol. The van der Waals surface area contributed by atoms with Crippen LogP contribution in [0.4, 0.5) is 0 Å². The number of amides is 1. The van der Waals surface area contributed by atoms with Crippen molar-refractivity contribution in [1.82, 2.24) is 10.2 Å². The first kappa shape index (κ1) is 14.4. The number of piperidine rings is 1. The molecule has 2 rings (SSSR count). The highest BCUT2D eigenvalue weighted by Gasteiger charge is 2.36. The second-order valence-electron chi connectivity index (χ2n) is 5.63. The van der Waals surface area contributed by atoms with E-state index in [1.54, 1.807) is 4.90 Å². The molecule has 0 spiro atoms. The number of carbonyl (C=O) groups is 1. The van der Waals surface area contributed by atoms with Crippen molar-refractivity contribution in [2.45, 2.75) is 26.3 Å². The van der Waals surface area contributed by atoms with Gasteiger partial charge in [-0.2, -0.15) is 0 Å². The number of rotatable bonds is 3.